The maximum absolute atomic E-state index is 12.2. The fraction of sp³-hybridized carbons (Fsp3) is 0.500. The van der Waals surface area contributed by atoms with Crippen molar-refractivity contribution in [2.24, 2.45) is 11.7 Å². The summed E-state index contributed by atoms with van der Waals surface area (Å²) in [7, 11) is 0. The molecule has 1 nitrogen and oxygen atoms in total. The minimum absolute atomic E-state index is 0.0626. The lowest BCUT2D eigenvalue weighted by Gasteiger charge is -2.16. The van der Waals surface area contributed by atoms with E-state index in [2.05, 4.69) is 0 Å². The van der Waals surface area contributed by atoms with Crippen molar-refractivity contribution in [3.05, 3.63) is 34.9 Å². The van der Waals surface area contributed by atoms with E-state index >= 15 is 0 Å². The summed E-state index contributed by atoms with van der Waals surface area (Å²) in [6.45, 7) is 0.0626. The topological polar surface area (TPSA) is 26.0 Å². The third-order valence-corrected chi connectivity index (χ3v) is 2.86. The van der Waals surface area contributed by atoms with Gasteiger partial charge in [0.25, 0.3) is 0 Å². The zero-order valence-corrected chi connectivity index (χ0v) is 10.1. The second-order valence-corrected chi connectivity index (χ2v) is 4.52. The molecular formula is C12H15ClF3N. The quantitative estimate of drug-likeness (QED) is 0.861. The molecule has 0 saturated heterocycles. The Hall–Kier alpha value is -0.740. The number of hydrogen-bond acceptors (Lipinski definition) is 1. The third-order valence-electron chi connectivity index (χ3n) is 2.61. The smallest absolute Gasteiger partial charge is 0.330 e. The van der Waals surface area contributed by atoms with E-state index in [0.29, 0.717) is 17.9 Å². The molecule has 0 aliphatic carbocycles. The average molecular weight is 266 g/mol. The molecule has 17 heavy (non-hydrogen) atoms. The average Bonchev–Trinajstić information content (AvgIpc) is 2.25. The van der Waals surface area contributed by atoms with Crippen LogP contribution in [0.2, 0.25) is 5.02 Å². The van der Waals surface area contributed by atoms with Crippen molar-refractivity contribution in [1.29, 1.82) is 0 Å². The molecule has 0 spiro atoms. The van der Waals surface area contributed by atoms with Gasteiger partial charge in [0.2, 0.25) is 0 Å². The van der Waals surface area contributed by atoms with Gasteiger partial charge in [-0.2, -0.15) is 13.2 Å². The van der Waals surface area contributed by atoms with Crippen LogP contribution in [0.25, 0.3) is 0 Å². The first-order valence-electron chi connectivity index (χ1n) is 5.42. The zero-order valence-electron chi connectivity index (χ0n) is 9.30. The number of hydrogen-bond donors (Lipinski definition) is 1. The second kappa shape index (κ2) is 6.26. The van der Waals surface area contributed by atoms with Gasteiger partial charge in [-0.1, -0.05) is 23.7 Å². The van der Waals surface area contributed by atoms with Gasteiger partial charge >= 0.3 is 6.18 Å². The summed E-state index contributed by atoms with van der Waals surface area (Å²) in [6, 6.07) is 7.11. The molecule has 2 N–H and O–H groups in total. The highest BCUT2D eigenvalue weighted by molar-refractivity contribution is 6.30. The maximum Gasteiger partial charge on any atom is 0.389 e. The van der Waals surface area contributed by atoms with E-state index in [0.717, 1.165) is 5.56 Å². The predicted molar refractivity (Wildman–Crippen MR) is 63.0 cm³/mol. The van der Waals surface area contributed by atoms with Gasteiger partial charge in [0.05, 0.1) is 0 Å². The number of alkyl halides is 3. The van der Waals surface area contributed by atoms with Gasteiger partial charge in [-0.15, -0.1) is 0 Å². The highest BCUT2D eigenvalue weighted by Gasteiger charge is 2.30. The molecule has 0 heterocycles. The van der Waals surface area contributed by atoms with Gasteiger partial charge in [0.1, 0.15) is 0 Å². The third kappa shape index (κ3) is 5.94. The largest absolute Gasteiger partial charge is 0.389 e. The van der Waals surface area contributed by atoms with E-state index < -0.39 is 18.5 Å². The summed E-state index contributed by atoms with van der Waals surface area (Å²) >= 11 is 5.72. The van der Waals surface area contributed by atoms with E-state index in [9.17, 15) is 13.2 Å². The molecule has 1 aromatic carbocycles. The number of rotatable bonds is 5. The molecular weight excluding hydrogens is 251 g/mol. The maximum atomic E-state index is 12.2. The first kappa shape index (κ1) is 14.3. The molecule has 1 rings (SSSR count). The molecule has 1 unspecified atom stereocenters. The predicted octanol–water partition coefficient (Wildman–Crippen LogP) is 3.80. The fourth-order valence-electron chi connectivity index (χ4n) is 1.65. The van der Waals surface area contributed by atoms with Crippen molar-refractivity contribution in [2.45, 2.75) is 25.4 Å². The molecule has 0 aliphatic heterocycles. The molecule has 96 valence electrons. The molecule has 0 aromatic heterocycles. The molecule has 0 aliphatic rings. The van der Waals surface area contributed by atoms with E-state index in [4.69, 9.17) is 17.3 Å². The molecule has 0 radical (unpaired) electrons. The highest BCUT2D eigenvalue weighted by atomic mass is 35.5. The Morgan fingerprint density at radius 3 is 2.24 bits per heavy atom. The monoisotopic (exact) mass is 265 g/mol. The molecule has 1 atom stereocenters. The van der Waals surface area contributed by atoms with Crippen molar-refractivity contribution in [3.8, 4) is 0 Å². The van der Waals surface area contributed by atoms with Crippen LogP contribution in [0.4, 0.5) is 13.2 Å². The first-order valence-corrected chi connectivity index (χ1v) is 5.80. The standard InChI is InChI=1S/C12H15ClF3N/c13-11-5-3-9(4-6-11)1-2-10(8-17)7-12(14,15)16/h3-6,10H,1-2,7-8,17H2. The molecule has 0 fully saturated rings. The van der Waals surface area contributed by atoms with Gasteiger partial charge in [-0.05, 0) is 43.0 Å². The fourth-order valence-corrected chi connectivity index (χ4v) is 1.78. The van der Waals surface area contributed by atoms with Gasteiger partial charge in [0, 0.05) is 11.4 Å². The Morgan fingerprint density at radius 2 is 1.76 bits per heavy atom. The Morgan fingerprint density at radius 1 is 1.18 bits per heavy atom. The lowest BCUT2D eigenvalue weighted by atomic mass is 9.96. The summed E-state index contributed by atoms with van der Waals surface area (Å²) in [5.41, 5.74) is 6.33. The number of nitrogens with two attached hydrogens (primary N) is 1. The van der Waals surface area contributed by atoms with E-state index in [-0.39, 0.29) is 6.54 Å². The Balaban J connectivity index is 2.45. The minimum Gasteiger partial charge on any atom is -0.330 e. The molecule has 0 bridgehead atoms. The van der Waals surface area contributed by atoms with Crippen molar-refractivity contribution in [2.75, 3.05) is 6.54 Å². The van der Waals surface area contributed by atoms with Crippen molar-refractivity contribution in [1.82, 2.24) is 0 Å². The highest BCUT2D eigenvalue weighted by Crippen LogP contribution is 2.27. The van der Waals surface area contributed by atoms with Gasteiger partial charge < -0.3 is 5.73 Å². The molecule has 5 heteroatoms. The summed E-state index contributed by atoms with van der Waals surface area (Å²) < 4.78 is 36.6. The Labute approximate surface area is 104 Å². The van der Waals surface area contributed by atoms with Gasteiger partial charge in [0.15, 0.2) is 0 Å². The van der Waals surface area contributed by atoms with Crippen molar-refractivity contribution < 1.29 is 13.2 Å². The second-order valence-electron chi connectivity index (χ2n) is 4.09. The van der Waals surface area contributed by atoms with Crippen LogP contribution in [0.5, 0.6) is 0 Å². The van der Waals surface area contributed by atoms with E-state index in [1.807, 2.05) is 12.1 Å². The Bertz CT molecular complexity index is 335. The number of aryl methyl sites for hydroxylation is 1. The van der Waals surface area contributed by atoms with Crippen LogP contribution < -0.4 is 5.73 Å². The lowest BCUT2D eigenvalue weighted by molar-refractivity contribution is -0.144. The number of halogens is 4. The SMILES string of the molecule is NCC(CCc1ccc(Cl)cc1)CC(F)(F)F. The number of benzene rings is 1. The van der Waals surface area contributed by atoms with Crippen molar-refractivity contribution >= 4 is 11.6 Å². The van der Waals surface area contributed by atoms with Crippen LogP contribution in [-0.2, 0) is 6.42 Å². The minimum atomic E-state index is -4.13. The first-order chi connectivity index (χ1) is 7.90. The van der Waals surface area contributed by atoms with Crippen LogP contribution in [0.1, 0.15) is 18.4 Å². The van der Waals surface area contributed by atoms with Gasteiger partial charge in [-0.3, -0.25) is 0 Å². The van der Waals surface area contributed by atoms with Crippen LogP contribution in [0.15, 0.2) is 24.3 Å². The van der Waals surface area contributed by atoms with Crippen LogP contribution in [0.3, 0.4) is 0 Å². The summed E-state index contributed by atoms with van der Waals surface area (Å²) in [6.07, 6.45) is -3.91. The summed E-state index contributed by atoms with van der Waals surface area (Å²) in [5.74, 6) is -0.509. The normalized spacial score (nSPS) is 13.7. The lowest BCUT2D eigenvalue weighted by Crippen LogP contribution is -2.22. The summed E-state index contributed by atoms with van der Waals surface area (Å²) in [5, 5.41) is 0.624. The molecule has 0 amide bonds. The molecule has 0 saturated carbocycles. The zero-order chi connectivity index (χ0) is 12.9. The van der Waals surface area contributed by atoms with Crippen LogP contribution in [0, 0.1) is 5.92 Å². The van der Waals surface area contributed by atoms with Crippen LogP contribution in [-0.4, -0.2) is 12.7 Å². The molecule has 1 aromatic rings. The van der Waals surface area contributed by atoms with Gasteiger partial charge in [-0.25, -0.2) is 0 Å². The van der Waals surface area contributed by atoms with E-state index in [1.165, 1.54) is 0 Å². The van der Waals surface area contributed by atoms with E-state index in [1.54, 1.807) is 12.1 Å². The summed E-state index contributed by atoms with van der Waals surface area (Å²) in [4.78, 5) is 0. The van der Waals surface area contributed by atoms with Crippen LogP contribution >= 0.6 is 11.6 Å². The Kier molecular flexibility index (Phi) is 5.28. The van der Waals surface area contributed by atoms with Crippen molar-refractivity contribution in [3.63, 3.8) is 0 Å².